The number of fused-ring (bicyclic) bond motifs is 2. The number of carbonyl (C=O) groups excluding carboxylic acids is 2. The van der Waals surface area contributed by atoms with Crippen molar-refractivity contribution in [3.63, 3.8) is 0 Å². The number of rotatable bonds is 5. The van der Waals surface area contributed by atoms with Crippen molar-refractivity contribution in [3.05, 3.63) is 59.7 Å². The summed E-state index contributed by atoms with van der Waals surface area (Å²) in [6, 6.07) is 14.2. The van der Waals surface area contributed by atoms with E-state index in [9.17, 15) is 14.4 Å². The lowest BCUT2D eigenvalue weighted by Crippen LogP contribution is -2.53. The van der Waals surface area contributed by atoms with Gasteiger partial charge in [-0.15, -0.1) is 0 Å². The fraction of sp³-hybridized carbons (Fsp3) is 0.375. The SMILES string of the molecule is CN1C(=O)c2cc(NC(=O)Cc3ccccc3)ccc2OC[C@@H]2O[C@@H](CC(=O)O)CC[C@H]21. The van der Waals surface area contributed by atoms with Gasteiger partial charge in [-0.2, -0.15) is 0 Å². The molecule has 2 amide bonds. The number of amides is 2. The van der Waals surface area contributed by atoms with Crippen LogP contribution in [0.15, 0.2) is 48.5 Å². The Morgan fingerprint density at radius 3 is 2.69 bits per heavy atom. The molecular weight excluding hydrogens is 412 g/mol. The molecule has 2 heterocycles. The molecule has 0 aliphatic carbocycles. The van der Waals surface area contributed by atoms with E-state index in [1.807, 2.05) is 30.3 Å². The van der Waals surface area contributed by atoms with Crippen LogP contribution in [0.25, 0.3) is 0 Å². The second kappa shape index (κ2) is 9.40. The first kappa shape index (κ1) is 21.8. The number of carboxylic acid groups (broad SMARTS) is 1. The van der Waals surface area contributed by atoms with E-state index in [1.54, 1.807) is 30.1 Å². The molecular formula is C24H26N2O6. The molecule has 0 spiro atoms. The molecule has 0 radical (unpaired) electrons. The van der Waals surface area contributed by atoms with Gasteiger partial charge in [0, 0.05) is 12.7 Å². The molecule has 8 heteroatoms. The van der Waals surface area contributed by atoms with Crippen molar-refractivity contribution in [1.29, 1.82) is 0 Å². The van der Waals surface area contributed by atoms with Crippen LogP contribution >= 0.6 is 0 Å². The van der Waals surface area contributed by atoms with E-state index in [2.05, 4.69) is 5.32 Å². The van der Waals surface area contributed by atoms with Gasteiger partial charge >= 0.3 is 5.97 Å². The van der Waals surface area contributed by atoms with E-state index in [4.69, 9.17) is 14.6 Å². The molecule has 0 saturated carbocycles. The fourth-order valence-corrected chi connectivity index (χ4v) is 4.29. The first-order chi connectivity index (χ1) is 15.4. The maximum atomic E-state index is 13.2. The average molecular weight is 438 g/mol. The summed E-state index contributed by atoms with van der Waals surface area (Å²) >= 11 is 0. The highest BCUT2D eigenvalue weighted by Crippen LogP contribution is 2.32. The lowest BCUT2D eigenvalue weighted by Gasteiger charge is -2.42. The molecule has 2 N–H and O–H groups in total. The highest BCUT2D eigenvalue weighted by atomic mass is 16.5. The zero-order valence-corrected chi connectivity index (χ0v) is 17.8. The lowest BCUT2D eigenvalue weighted by molar-refractivity contribution is -0.148. The lowest BCUT2D eigenvalue weighted by atomic mass is 9.94. The van der Waals surface area contributed by atoms with E-state index >= 15 is 0 Å². The van der Waals surface area contributed by atoms with Crippen LogP contribution in [0.1, 0.15) is 35.2 Å². The predicted molar refractivity (Wildman–Crippen MR) is 117 cm³/mol. The quantitative estimate of drug-likeness (QED) is 0.744. The van der Waals surface area contributed by atoms with Gasteiger partial charge in [0.2, 0.25) is 5.91 Å². The molecule has 4 rings (SSSR count). The summed E-state index contributed by atoms with van der Waals surface area (Å²) in [4.78, 5) is 38.3. The summed E-state index contributed by atoms with van der Waals surface area (Å²) in [5.41, 5.74) is 1.80. The third-order valence-electron chi connectivity index (χ3n) is 5.91. The third kappa shape index (κ3) is 4.91. The number of carbonyl (C=O) groups is 3. The van der Waals surface area contributed by atoms with Crippen molar-refractivity contribution in [2.24, 2.45) is 0 Å². The summed E-state index contributed by atoms with van der Waals surface area (Å²) in [5, 5.41) is 11.9. The van der Waals surface area contributed by atoms with E-state index in [1.165, 1.54) is 0 Å². The minimum absolute atomic E-state index is 0.0660. The molecule has 3 atom stereocenters. The summed E-state index contributed by atoms with van der Waals surface area (Å²) in [6.45, 7) is 0.213. The van der Waals surface area contributed by atoms with Crippen LogP contribution in [0, 0.1) is 0 Å². The Morgan fingerprint density at radius 2 is 1.94 bits per heavy atom. The van der Waals surface area contributed by atoms with Crippen molar-refractivity contribution in [2.45, 2.75) is 43.9 Å². The predicted octanol–water partition coefficient (Wildman–Crippen LogP) is 2.72. The van der Waals surface area contributed by atoms with Gasteiger partial charge in [-0.1, -0.05) is 30.3 Å². The van der Waals surface area contributed by atoms with Crippen molar-refractivity contribution in [1.82, 2.24) is 4.90 Å². The Balaban J connectivity index is 1.49. The number of hydrogen-bond acceptors (Lipinski definition) is 5. The summed E-state index contributed by atoms with van der Waals surface area (Å²) in [7, 11) is 1.72. The Kier molecular flexibility index (Phi) is 6.41. The standard InChI is InChI=1S/C24H26N2O6/c1-26-19-9-8-17(13-23(28)29)32-21(19)14-31-20-10-7-16(12-18(20)24(26)30)25-22(27)11-15-5-3-2-4-6-15/h2-7,10,12,17,19,21H,8-9,11,13-14H2,1H3,(H,25,27)(H,28,29)/t17-,19-,21+/m1/s1. The molecule has 0 unspecified atom stereocenters. The Labute approximate surface area is 186 Å². The molecule has 2 aromatic rings. The van der Waals surface area contributed by atoms with Crippen LogP contribution in [0.2, 0.25) is 0 Å². The van der Waals surface area contributed by atoms with Crippen molar-refractivity contribution < 1.29 is 29.0 Å². The number of nitrogens with zero attached hydrogens (tertiary/aromatic N) is 1. The number of carboxylic acids is 1. The number of hydrogen-bond donors (Lipinski definition) is 2. The Bertz CT molecular complexity index is 1010. The van der Waals surface area contributed by atoms with Crippen molar-refractivity contribution >= 4 is 23.5 Å². The maximum absolute atomic E-state index is 13.2. The van der Waals surface area contributed by atoms with Crippen LogP contribution in [0.5, 0.6) is 5.75 Å². The Morgan fingerprint density at radius 1 is 1.16 bits per heavy atom. The highest BCUT2D eigenvalue weighted by Gasteiger charge is 2.39. The maximum Gasteiger partial charge on any atom is 0.305 e. The minimum atomic E-state index is -0.906. The van der Waals surface area contributed by atoms with Gasteiger partial charge in [0.25, 0.3) is 5.91 Å². The first-order valence-corrected chi connectivity index (χ1v) is 10.7. The third-order valence-corrected chi connectivity index (χ3v) is 5.91. The number of benzene rings is 2. The summed E-state index contributed by atoms with van der Waals surface area (Å²) in [5.74, 6) is -0.898. The summed E-state index contributed by atoms with van der Waals surface area (Å²) in [6.07, 6.45) is 0.581. The Hall–Kier alpha value is -3.39. The van der Waals surface area contributed by atoms with Crippen molar-refractivity contribution in [3.8, 4) is 5.75 Å². The van der Waals surface area contributed by atoms with Gasteiger partial charge in [0.15, 0.2) is 0 Å². The molecule has 2 aromatic carbocycles. The first-order valence-electron chi connectivity index (χ1n) is 10.7. The molecule has 0 aromatic heterocycles. The van der Waals surface area contributed by atoms with Gasteiger partial charge in [0.05, 0.1) is 30.6 Å². The molecule has 2 aliphatic rings. The normalized spacial score (nSPS) is 22.6. The average Bonchev–Trinajstić information content (AvgIpc) is 2.77. The zero-order chi connectivity index (χ0) is 22.7. The number of aliphatic carboxylic acids is 1. The molecule has 168 valence electrons. The number of anilines is 1. The van der Waals surface area contributed by atoms with Crippen LogP contribution < -0.4 is 10.1 Å². The monoisotopic (exact) mass is 438 g/mol. The summed E-state index contributed by atoms with van der Waals surface area (Å²) < 4.78 is 11.8. The van der Waals surface area contributed by atoms with E-state index in [-0.39, 0.29) is 43.4 Å². The number of likely N-dealkylation sites (N-methyl/N-ethyl adjacent to an activating group) is 1. The van der Waals surface area contributed by atoms with Gasteiger partial charge in [-0.3, -0.25) is 14.4 Å². The van der Waals surface area contributed by atoms with Crippen molar-refractivity contribution in [2.75, 3.05) is 19.0 Å². The number of nitrogens with one attached hydrogen (secondary N) is 1. The van der Waals surface area contributed by atoms with E-state index in [0.29, 0.717) is 29.8 Å². The molecule has 32 heavy (non-hydrogen) atoms. The van der Waals surface area contributed by atoms with Gasteiger partial charge in [0.1, 0.15) is 18.5 Å². The van der Waals surface area contributed by atoms with Crippen LogP contribution in [0.4, 0.5) is 5.69 Å². The van der Waals surface area contributed by atoms with Gasteiger partial charge < -0.3 is 24.8 Å². The van der Waals surface area contributed by atoms with Gasteiger partial charge in [-0.05, 0) is 36.6 Å². The molecule has 8 nitrogen and oxygen atoms in total. The second-order valence-corrected chi connectivity index (χ2v) is 8.19. The molecule has 0 bridgehead atoms. The fourth-order valence-electron chi connectivity index (χ4n) is 4.29. The highest BCUT2D eigenvalue weighted by molar-refractivity contribution is 6.00. The molecule has 2 aliphatic heterocycles. The molecule has 1 saturated heterocycles. The van der Waals surface area contributed by atoms with Crippen LogP contribution in [-0.2, 0) is 20.7 Å². The molecule has 1 fully saturated rings. The minimum Gasteiger partial charge on any atom is -0.490 e. The number of ether oxygens (including phenoxy) is 2. The largest absolute Gasteiger partial charge is 0.490 e. The topological polar surface area (TPSA) is 105 Å². The van der Waals surface area contributed by atoms with Crippen LogP contribution in [0.3, 0.4) is 0 Å². The van der Waals surface area contributed by atoms with Crippen LogP contribution in [-0.4, -0.2) is 59.7 Å². The van der Waals surface area contributed by atoms with Gasteiger partial charge in [-0.25, -0.2) is 0 Å². The smallest absolute Gasteiger partial charge is 0.305 e. The van der Waals surface area contributed by atoms with E-state index in [0.717, 1.165) is 5.56 Å². The second-order valence-electron chi connectivity index (χ2n) is 8.19. The van der Waals surface area contributed by atoms with E-state index < -0.39 is 12.1 Å². The zero-order valence-electron chi connectivity index (χ0n) is 17.8.